The van der Waals surface area contributed by atoms with Crippen molar-refractivity contribution in [2.24, 2.45) is 0 Å². The third-order valence-electron chi connectivity index (χ3n) is 5.03. The molecule has 0 amide bonds. The number of hydrogen-bond donors (Lipinski definition) is 0. The highest BCUT2D eigenvalue weighted by Gasteiger charge is 2.04. The predicted octanol–water partition coefficient (Wildman–Crippen LogP) is 6.40. The highest BCUT2D eigenvalue weighted by atomic mass is 127. The Morgan fingerprint density at radius 1 is 0.833 bits per heavy atom. The summed E-state index contributed by atoms with van der Waals surface area (Å²) in [6, 6.07) is 12.5. The Balaban J connectivity index is 0.000000346. The number of benzene rings is 1. The average molecular weight is 546 g/mol. The summed E-state index contributed by atoms with van der Waals surface area (Å²) in [5.41, 5.74) is 1.37. The van der Waals surface area contributed by atoms with Crippen molar-refractivity contribution in [3.63, 3.8) is 0 Å². The van der Waals surface area contributed by atoms with Gasteiger partial charge in [-0.25, -0.2) is 13.0 Å². The van der Waals surface area contributed by atoms with E-state index >= 15 is 0 Å². The van der Waals surface area contributed by atoms with Crippen LogP contribution in [0.1, 0.15) is 76.8 Å². The van der Waals surface area contributed by atoms with Crippen LogP contribution in [0, 0.1) is 10.5 Å². The number of unbranched alkanes of at least 4 members (excludes halogenated alkanes) is 9. The Morgan fingerprint density at radius 3 is 1.87 bits per heavy atom. The fourth-order valence-corrected chi connectivity index (χ4v) is 4.98. The first kappa shape index (κ1) is 27.0. The van der Waals surface area contributed by atoms with Gasteiger partial charge in [-0.1, -0.05) is 76.5 Å². The molecular formula is C24H36INO3S. The summed E-state index contributed by atoms with van der Waals surface area (Å²) in [6.07, 6.45) is 16.3. The van der Waals surface area contributed by atoms with Gasteiger partial charge in [0.05, 0.1) is 4.90 Å². The molecule has 0 saturated heterocycles. The second kappa shape index (κ2) is 15.8. The van der Waals surface area contributed by atoms with Gasteiger partial charge in [-0.3, -0.25) is 0 Å². The molecule has 6 heteroatoms. The third kappa shape index (κ3) is 12.0. The summed E-state index contributed by atoms with van der Waals surface area (Å²) in [7, 11) is -4.29. The number of pyridine rings is 1. The minimum Gasteiger partial charge on any atom is -0.744 e. The number of nitrogens with zero attached hydrogens (tertiary/aromatic N) is 1. The molecule has 0 atom stereocenters. The molecule has 1 aromatic carbocycles. The lowest BCUT2D eigenvalue weighted by Crippen LogP contribution is -2.36. The van der Waals surface area contributed by atoms with E-state index in [2.05, 4.69) is 42.8 Å². The van der Waals surface area contributed by atoms with Crippen LogP contribution in [0.25, 0.3) is 0 Å². The zero-order chi connectivity index (χ0) is 22.2. The first-order valence-corrected chi connectivity index (χ1v) is 13.5. The van der Waals surface area contributed by atoms with Crippen LogP contribution in [0.5, 0.6) is 0 Å². The van der Waals surface area contributed by atoms with Gasteiger partial charge < -0.3 is 4.55 Å². The Morgan fingerprint density at radius 2 is 1.37 bits per heavy atom. The fourth-order valence-electron chi connectivity index (χ4n) is 3.23. The maximum absolute atomic E-state index is 10.5. The summed E-state index contributed by atoms with van der Waals surface area (Å²) >= 11 is 1.81. The van der Waals surface area contributed by atoms with Crippen LogP contribution in [-0.4, -0.2) is 13.0 Å². The summed E-state index contributed by atoms with van der Waals surface area (Å²) in [5, 5.41) is 0. The van der Waals surface area contributed by atoms with E-state index in [0.29, 0.717) is 3.57 Å². The van der Waals surface area contributed by atoms with Crippen molar-refractivity contribution < 1.29 is 17.5 Å². The molecule has 2 rings (SSSR count). The Kier molecular flexibility index (Phi) is 14.2. The molecule has 0 unspecified atom stereocenters. The molecule has 0 aliphatic rings. The van der Waals surface area contributed by atoms with E-state index in [-0.39, 0.29) is 4.90 Å². The summed E-state index contributed by atoms with van der Waals surface area (Å²) < 4.78 is 34.3. The molecule has 168 valence electrons. The summed E-state index contributed by atoms with van der Waals surface area (Å²) in [4.78, 5) is -0.152. The standard InChI is InChI=1S/C18H32N.C6H5IO3S/c1-3-4-5-6-7-8-9-10-11-13-16-19-17-14-12-15-18(19)2;7-5-3-1-2-4-6(5)11(8,9)10/h12,14-15,17H,3-11,13,16H2,1-2H3;1-4H,(H,8,9,10)/q+1;/p-1. The molecule has 2 aromatic rings. The van der Waals surface area contributed by atoms with Crippen LogP contribution in [0.2, 0.25) is 0 Å². The van der Waals surface area contributed by atoms with Gasteiger partial charge in [0.1, 0.15) is 16.7 Å². The lowest BCUT2D eigenvalue weighted by Gasteiger charge is -2.07. The van der Waals surface area contributed by atoms with E-state index < -0.39 is 10.1 Å². The van der Waals surface area contributed by atoms with Gasteiger partial charge in [0, 0.05) is 29.0 Å². The van der Waals surface area contributed by atoms with Gasteiger partial charge in [-0.2, -0.15) is 0 Å². The smallest absolute Gasteiger partial charge is 0.178 e. The minimum absolute atomic E-state index is 0.152. The number of aryl methyl sites for hydroxylation is 2. The minimum atomic E-state index is -4.29. The molecule has 0 aliphatic carbocycles. The first-order valence-electron chi connectivity index (χ1n) is 11.0. The van der Waals surface area contributed by atoms with Gasteiger partial charge >= 0.3 is 0 Å². The molecule has 0 bridgehead atoms. The van der Waals surface area contributed by atoms with Crippen LogP contribution in [0.3, 0.4) is 0 Å². The second-order valence-electron chi connectivity index (χ2n) is 7.60. The molecule has 0 saturated carbocycles. The van der Waals surface area contributed by atoms with Crippen molar-refractivity contribution >= 4 is 32.7 Å². The predicted molar refractivity (Wildman–Crippen MR) is 130 cm³/mol. The lowest BCUT2D eigenvalue weighted by molar-refractivity contribution is -0.703. The van der Waals surface area contributed by atoms with E-state index in [0.717, 1.165) is 0 Å². The van der Waals surface area contributed by atoms with Crippen molar-refractivity contribution in [1.82, 2.24) is 0 Å². The van der Waals surface area contributed by atoms with Crippen LogP contribution >= 0.6 is 22.6 Å². The largest absolute Gasteiger partial charge is 0.744 e. The lowest BCUT2D eigenvalue weighted by atomic mass is 10.1. The van der Waals surface area contributed by atoms with Gasteiger partial charge in [0.2, 0.25) is 0 Å². The molecule has 0 N–H and O–H groups in total. The monoisotopic (exact) mass is 545 g/mol. The van der Waals surface area contributed by atoms with Gasteiger partial charge in [0.15, 0.2) is 11.9 Å². The van der Waals surface area contributed by atoms with Gasteiger partial charge in [-0.15, -0.1) is 0 Å². The van der Waals surface area contributed by atoms with Crippen LogP contribution in [0.15, 0.2) is 53.6 Å². The zero-order valence-electron chi connectivity index (χ0n) is 18.4. The highest BCUT2D eigenvalue weighted by molar-refractivity contribution is 14.1. The fraction of sp³-hybridized carbons (Fsp3) is 0.542. The summed E-state index contributed by atoms with van der Waals surface area (Å²) in [5.74, 6) is 0. The summed E-state index contributed by atoms with van der Waals surface area (Å²) in [6.45, 7) is 5.66. The SMILES string of the molecule is CCCCCCCCCCCC[n+]1ccccc1C.O=S(=O)([O-])c1ccccc1I. The Hall–Kier alpha value is -0.990. The number of hydrogen-bond acceptors (Lipinski definition) is 3. The Bertz CT molecular complexity index is 825. The van der Waals surface area contributed by atoms with Crippen molar-refractivity contribution in [2.45, 2.75) is 89.5 Å². The first-order chi connectivity index (χ1) is 14.4. The van der Waals surface area contributed by atoms with Gasteiger partial charge in [-0.05, 0) is 41.1 Å². The molecule has 30 heavy (non-hydrogen) atoms. The van der Waals surface area contributed by atoms with E-state index in [1.807, 2.05) is 0 Å². The van der Waals surface area contributed by atoms with Crippen molar-refractivity contribution in [1.29, 1.82) is 0 Å². The van der Waals surface area contributed by atoms with E-state index in [1.165, 1.54) is 88.6 Å². The second-order valence-corrected chi connectivity index (χ2v) is 10.1. The number of aromatic nitrogens is 1. The highest BCUT2D eigenvalue weighted by Crippen LogP contribution is 2.16. The topological polar surface area (TPSA) is 61.1 Å². The maximum atomic E-state index is 10.5. The van der Waals surface area contributed by atoms with Gasteiger partial charge in [0.25, 0.3) is 0 Å². The Labute approximate surface area is 197 Å². The van der Waals surface area contributed by atoms with Crippen molar-refractivity contribution in [2.75, 3.05) is 0 Å². The van der Waals surface area contributed by atoms with Crippen LogP contribution < -0.4 is 4.57 Å². The molecule has 1 heterocycles. The molecule has 0 radical (unpaired) electrons. The van der Waals surface area contributed by atoms with Crippen molar-refractivity contribution in [3.8, 4) is 0 Å². The number of rotatable bonds is 12. The molecule has 4 nitrogen and oxygen atoms in total. The molecule has 0 fully saturated rings. The molecular weight excluding hydrogens is 509 g/mol. The van der Waals surface area contributed by atoms with Crippen molar-refractivity contribution in [3.05, 3.63) is 57.9 Å². The quantitative estimate of drug-likeness (QED) is 0.134. The van der Waals surface area contributed by atoms with E-state index in [1.54, 1.807) is 34.7 Å². The normalized spacial score (nSPS) is 11.1. The average Bonchev–Trinajstić information content (AvgIpc) is 2.71. The molecule has 1 aromatic heterocycles. The maximum Gasteiger partial charge on any atom is 0.178 e. The zero-order valence-corrected chi connectivity index (χ0v) is 21.3. The molecule has 0 aliphatic heterocycles. The van der Waals surface area contributed by atoms with Crippen LogP contribution in [-0.2, 0) is 16.7 Å². The molecule has 0 spiro atoms. The third-order valence-corrected chi connectivity index (χ3v) is 7.23. The van der Waals surface area contributed by atoms with Crippen LogP contribution in [0.4, 0.5) is 0 Å². The van der Waals surface area contributed by atoms with E-state index in [4.69, 9.17) is 0 Å². The number of halogens is 1. The van der Waals surface area contributed by atoms with E-state index in [9.17, 15) is 13.0 Å².